The lowest BCUT2D eigenvalue weighted by molar-refractivity contribution is -0.118. The molecule has 2 amide bonds. The molecule has 0 saturated carbocycles. The zero-order valence-electron chi connectivity index (χ0n) is 15.7. The fourth-order valence-electron chi connectivity index (χ4n) is 2.39. The van der Waals surface area contributed by atoms with Gasteiger partial charge >= 0.3 is 0 Å². The molecule has 0 aliphatic carbocycles. The smallest absolute Gasteiger partial charge is 0.262 e. The Morgan fingerprint density at radius 1 is 0.600 bits per heavy atom. The van der Waals surface area contributed by atoms with Gasteiger partial charge in [-0.2, -0.15) is 0 Å². The van der Waals surface area contributed by atoms with Crippen molar-refractivity contribution in [1.82, 2.24) is 0 Å². The van der Waals surface area contributed by atoms with Gasteiger partial charge in [-0.15, -0.1) is 0 Å². The van der Waals surface area contributed by atoms with Crippen LogP contribution in [0.5, 0.6) is 11.5 Å². The molecule has 0 aliphatic rings. The Balaban J connectivity index is 1.42. The van der Waals surface area contributed by atoms with E-state index < -0.39 is 0 Å². The minimum Gasteiger partial charge on any atom is -0.484 e. The number of benzene rings is 3. The van der Waals surface area contributed by atoms with E-state index in [-0.39, 0.29) is 25.0 Å². The van der Waals surface area contributed by atoms with Crippen LogP contribution in [0.3, 0.4) is 0 Å². The second-order valence-corrected chi connectivity index (χ2v) is 7.99. The lowest BCUT2D eigenvalue weighted by atomic mass is 10.2. The van der Waals surface area contributed by atoms with Gasteiger partial charge in [0.2, 0.25) is 0 Å². The van der Waals surface area contributed by atoms with Crippen molar-refractivity contribution >= 4 is 55.0 Å². The van der Waals surface area contributed by atoms with E-state index in [1.54, 1.807) is 48.5 Å². The van der Waals surface area contributed by atoms with Gasteiger partial charge in [-0.05, 0) is 72.8 Å². The molecule has 6 nitrogen and oxygen atoms in total. The van der Waals surface area contributed by atoms with Crippen molar-refractivity contribution in [3.8, 4) is 11.5 Å². The van der Waals surface area contributed by atoms with Gasteiger partial charge in [0.1, 0.15) is 11.5 Å². The van der Waals surface area contributed by atoms with Gasteiger partial charge in [0, 0.05) is 20.3 Å². The number of hydrogen-bond donors (Lipinski definition) is 2. The van der Waals surface area contributed by atoms with E-state index >= 15 is 0 Å². The van der Waals surface area contributed by atoms with Crippen molar-refractivity contribution in [2.45, 2.75) is 0 Å². The number of anilines is 2. The topological polar surface area (TPSA) is 76.7 Å². The third kappa shape index (κ3) is 7.20. The third-order valence-corrected chi connectivity index (χ3v) is 4.88. The minimum atomic E-state index is -0.280. The molecule has 154 valence electrons. The van der Waals surface area contributed by atoms with Crippen LogP contribution in [0.4, 0.5) is 11.4 Å². The van der Waals surface area contributed by atoms with E-state index in [1.807, 2.05) is 24.3 Å². The molecule has 0 bridgehead atoms. The van der Waals surface area contributed by atoms with Crippen LogP contribution in [-0.2, 0) is 9.59 Å². The van der Waals surface area contributed by atoms with Crippen molar-refractivity contribution in [1.29, 1.82) is 0 Å². The zero-order valence-corrected chi connectivity index (χ0v) is 18.9. The number of ether oxygens (including phenoxy) is 2. The van der Waals surface area contributed by atoms with Crippen LogP contribution in [0.15, 0.2) is 81.7 Å². The maximum absolute atomic E-state index is 12.0. The Morgan fingerprint density at radius 3 is 1.27 bits per heavy atom. The van der Waals surface area contributed by atoms with Gasteiger partial charge in [-0.1, -0.05) is 31.9 Å². The normalized spacial score (nSPS) is 10.2. The molecule has 8 heteroatoms. The van der Waals surface area contributed by atoms with Gasteiger partial charge in [0.05, 0.1) is 0 Å². The summed E-state index contributed by atoms with van der Waals surface area (Å²) in [6.07, 6.45) is 0. The van der Waals surface area contributed by atoms with Gasteiger partial charge in [0.15, 0.2) is 13.2 Å². The molecular weight excluding hydrogens is 516 g/mol. The lowest BCUT2D eigenvalue weighted by Crippen LogP contribution is -2.21. The summed E-state index contributed by atoms with van der Waals surface area (Å²) >= 11 is 6.68. The zero-order chi connectivity index (χ0) is 21.3. The summed E-state index contributed by atoms with van der Waals surface area (Å²) in [4.78, 5) is 24.0. The summed E-state index contributed by atoms with van der Waals surface area (Å²) in [5, 5.41) is 5.48. The number of halogens is 2. The van der Waals surface area contributed by atoms with E-state index in [0.717, 1.165) is 8.95 Å². The van der Waals surface area contributed by atoms with Gasteiger partial charge < -0.3 is 20.1 Å². The highest BCUT2D eigenvalue weighted by molar-refractivity contribution is 9.10. The number of carbonyl (C=O) groups excluding carboxylic acids is 2. The molecule has 2 N–H and O–H groups in total. The van der Waals surface area contributed by atoms with Crippen molar-refractivity contribution in [3.05, 3.63) is 81.7 Å². The SMILES string of the molecule is O=C(COc1ccc(Br)cc1)Nc1ccc(NC(=O)COc2ccc(Br)cc2)cc1. The molecule has 0 fully saturated rings. The predicted molar refractivity (Wildman–Crippen MR) is 123 cm³/mol. The van der Waals surface area contributed by atoms with Crippen molar-refractivity contribution in [2.24, 2.45) is 0 Å². The summed E-state index contributed by atoms with van der Waals surface area (Å²) in [5.74, 6) is 0.656. The molecule has 0 heterocycles. The van der Waals surface area contributed by atoms with Crippen LogP contribution in [0.2, 0.25) is 0 Å². The summed E-state index contributed by atoms with van der Waals surface area (Å²) in [6, 6.07) is 21.2. The number of carbonyl (C=O) groups is 2. The first kappa shape index (κ1) is 21.9. The van der Waals surface area contributed by atoms with Gasteiger partial charge in [-0.25, -0.2) is 0 Å². The van der Waals surface area contributed by atoms with Gasteiger partial charge in [0.25, 0.3) is 11.8 Å². The first-order valence-electron chi connectivity index (χ1n) is 8.94. The monoisotopic (exact) mass is 532 g/mol. The van der Waals surface area contributed by atoms with Crippen LogP contribution >= 0.6 is 31.9 Å². The Kier molecular flexibility index (Phi) is 7.87. The van der Waals surface area contributed by atoms with E-state index in [9.17, 15) is 9.59 Å². The highest BCUT2D eigenvalue weighted by atomic mass is 79.9. The van der Waals surface area contributed by atoms with Crippen molar-refractivity contribution in [2.75, 3.05) is 23.8 Å². The molecule has 0 atom stereocenters. The highest BCUT2D eigenvalue weighted by Gasteiger charge is 2.06. The molecule has 0 radical (unpaired) electrons. The average molecular weight is 534 g/mol. The number of nitrogens with one attached hydrogen (secondary N) is 2. The Labute approximate surface area is 190 Å². The summed E-state index contributed by atoms with van der Waals surface area (Å²) in [6.45, 7) is -0.207. The molecule has 3 rings (SSSR count). The maximum atomic E-state index is 12.0. The number of hydrogen-bond acceptors (Lipinski definition) is 4. The molecule has 3 aromatic carbocycles. The number of rotatable bonds is 8. The van der Waals surface area contributed by atoms with Crippen LogP contribution < -0.4 is 20.1 Å². The van der Waals surface area contributed by atoms with Crippen LogP contribution in [0.1, 0.15) is 0 Å². The molecule has 0 aliphatic heterocycles. The van der Waals surface area contributed by atoms with E-state index in [4.69, 9.17) is 9.47 Å². The molecule has 0 unspecified atom stereocenters. The quantitative estimate of drug-likeness (QED) is 0.415. The van der Waals surface area contributed by atoms with Crippen LogP contribution in [0, 0.1) is 0 Å². The Bertz CT molecular complexity index is 909. The summed E-state index contributed by atoms with van der Waals surface area (Å²) in [5.41, 5.74) is 1.20. The van der Waals surface area contributed by atoms with Gasteiger partial charge in [-0.3, -0.25) is 9.59 Å². The van der Waals surface area contributed by atoms with Crippen LogP contribution in [-0.4, -0.2) is 25.0 Å². The molecule has 0 saturated heterocycles. The average Bonchev–Trinajstić information content (AvgIpc) is 2.74. The lowest BCUT2D eigenvalue weighted by Gasteiger charge is -2.10. The van der Waals surface area contributed by atoms with E-state index in [2.05, 4.69) is 42.5 Å². The van der Waals surface area contributed by atoms with Crippen molar-refractivity contribution < 1.29 is 19.1 Å². The Hall–Kier alpha value is -2.84. The molecular formula is C22H18Br2N2O4. The second-order valence-electron chi connectivity index (χ2n) is 6.16. The van der Waals surface area contributed by atoms with Crippen molar-refractivity contribution in [3.63, 3.8) is 0 Å². The molecule has 0 spiro atoms. The maximum Gasteiger partial charge on any atom is 0.262 e. The largest absolute Gasteiger partial charge is 0.484 e. The predicted octanol–water partition coefficient (Wildman–Crippen LogP) is 5.25. The van der Waals surface area contributed by atoms with E-state index in [1.165, 1.54) is 0 Å². The third-order valence-electron chi connectivity index (χ3n) is 3.82. The summed E-state index contributed by atoms with van der Waals surface area (Å²) in [7, 11) is 0. The number of amides is 2. The molecule has 30 heavy (non-hydrogen) atoms. The first-order chi connectivity index (χ1) is 14.5. The van der Waals surface area contributed by atoms with Crippen LogP contribution in [0.25, 0.3) is 0 Å². The minimum absolute atomic E-state index is 0.104. The standard InChI is InChI=1S/C22H18Br2N2O4/c23-15-1-9-19(10-2-15)29-13-21(27)25-17-5-7-18(8-6-17)26-22(28)14-30-20-11-3-16(24)4-12-20/h1-12H,13-14H2,(H,25,27)(H,26,28). The second kappa shape index (κ2) is 10.8. The molecule has 0 aromatic heterocycles. The summed E-state index contributed by atoms with van der Waals surface area (Å²) < 4.78 is 12.7. The Morgan fingerprint density at radius 2 is 0.933 bits per heavy atom. The highest BCUT2D eigenvalue weighted by Crippen LogP contribution is 2.18. The fraction of sp³-hybridized carbons (Fsp3) is 0.0909. The first-order valence-corrected chi connectivity index (χ1v) is 10.5. The fourth-order valence-corrected chi connectivity index (χ4v) is 2.92. The molecule has 3 aromatic rings. The van der Waals surface area contributed by atoms with E-state index in [0.29, 0.717) is 22.9 Å².